The molecule has 0 saturated carbocycles. The van der Waals surface area contributed by atoms with Gasteiger partial charge < -0.3 is 9.47 Å². The van der Waals surface area contributed by atoms with Crippen LogP contribution in [0.2, 0.25) is 0 Å². The van der Waals surface area contributed by atoms with Gasteiger partial charge in [-0.05, 0) is 37.3 Å². The molecule has 8 heteroatoms. The van der Waals surface area contributed by atoms with E-state index in [1.807, 2.05) is 60.1 Å². The lowest BCUT2D eigenvalue weighted by Crippen LogP contribution is -2.02. The first-order chi connectivity index (χ1) is 14.2. The van der Waals surface area contributed by atoms with Crippen LogP contribution in [0.4, 0.5) is 0 Å². The number of nitrogens with zero attached hydrogens (tertiary/aromatic N) is 5. The largest absolute Gasteiger partial charge is 0.497 e. The molecule has 0 unspecified atom stereocenters. The lowest BCUT2D eigenvalue weighted by molar-refractivity contribution is 0.298. The van der Waals surface area contributed by atoms with Crippen molar-refractivity contribution in [2.24, 2.45) is 0 Å². The quantitative estimate of drug-likeness (QED) is 0.436. The van der Waals surface area contributed by atoms with Crippen LogP contribution in [0.25, 0.3) is 27.0 Å². The van der Waals surface area contributed by atoms with Crippen molar-refractivity contribution in [3.8, 4) is 21.9 Å². The van der Waals surface area contributed by atoms with Gasteiger partial charge in [-0.1, -0.05) is 0 Å². The van der Waals surface area contributed by atoms with E-state index in [1.165, 1.54) is 0 Å². The number of benzene rings is 1. The van der Waals surface area contributed by atoms with Crippen LogP contribution in [0.15, 0.2) is 55.0 Å². The van der Waals surface area contributed by atoms with Gasteiger partial charge in [0.05, 0.1) is 22.5 Å². The van der Waals surface area contributed by atoms with Crippen LogP contribution in [-0.2, 0) is 6.61 Å². The second-order valence-electron chi connectivity index (χ2n) is 6.49. The maximum Gasteiger partial charge on any atom is 0.175 e. The summed E-state index contributed by atoms with van der Waals surface area (Å²) in [6.07, 6.45) is 5.64. The van der Waals surface area contributed by atoms with E-state index in [0.717, 1.165) is 49.3 Å². The van der Waals surface area contributed by atoms with Crippen LogP contribution < -0.4 is 9.47 Å². The summed E-state index contributed by atoms with van der Waals surface area (Å²) in [5.74, 6) is 2.22. The van der Waals surface area contributed by atoms with Crippen LogP contribution in [-0.4, -0.2) is 31.7 Å². The third-order valence-electron chi connectivity index (χ3n) is 4.65. The molecule has 5 aromatic rings. The first-order valence-corrected chi connectivity index (χ1v) is 9.85. The number of hydrogen-bond donors (Lipinski definition) is 0. The van der Waals surface area contributed by atoms with E-state index in [9.17, 15) is 0 Å². The lowest BCUT2D eigenvalue weighted by Gasteiger charge is -2.09. The number of thiazole rings is 1. The number of aryl methyl sites for hydroxylation is 1. The summed E-state index contributed by atoms with van der Waals surface area (Å²) in [6, 6.07) is 11.6. The fraction of sp³-hybridized carbons (Fsp3) is 0.143. The predicted octanol–water partition coefficient (Wildman–Crippen LogP) is 4.30. The summed E-state index contributed by atoms with van der Waals surface area (Å²) in [5, 5.41) is 10.5. The normalized spacial score (nSPS) is 11.2. The average Bonchev–Trinajstić information content (AvgIpc) is 3.37. The number of hydrogen-bond acceptors (Lipinski definition) is 7. The van der Waals surface area contributed by atoms with Crippen molar-refractivity contribution in [3.05, 3.63) is 65.8 Å². The molecule has 0 aliphatic carbocycles. The Morgan fingerprint density at radius 3 is 2.83 bits per heavy atom. The van der Waals surface area contributed by atoms with E-state index in [2.05, 4.69) is 20.2 Å². The van der Waals surface area contributed by atoms with E-state index in [1.54, 1.807) is 24.6 Å². The Hall–Kier alpha value is -3.52. The van der Waals surface area contributed by atoms with Crippen molar-refractivity contribution in [2.45, 2.75) is 13.5 Å². The molecule has 144 valence electrons. The van der Waals surface area contributed by atoms with Gasteiger partial charge in [-0.3, -0.25) is 9.38 Å². The zero-order chi connectivity index (χ0) is 19.8. The molecule has 0 aliphatic rings. The van der Waals surface area contributed by atoms with E-state index in [0.29, 0.717) is 0 Å². The highest BCUT2D eigenvalue weighted by molar-refractivity contribution is 7.15. The summed E-state index contributed by atoms with van der Waals surface area (Å²) >= 11 is 1.66. The molecular weight excluding hydrogens is 386 g/mol. The Morgan fingerprint density at radius 1 is 1.07 bits per heavy atom. The molecule has 0 spiro atoms. The molecule has 0 amide bonds. The molecule has 4 aromatic heterocycles. The maximum atomic E-state index is 6.08. The molecule has 5 rings (SSSR count). The molecule has 0 bridgehead atoms. The van der Waals surface area contributed by atoms with Crippen molar-refractivity contribution in [3.63, 3.8) is 0 Å². The monoisotopic (exact) mass is 403 g/mol. The van der Waals surface area contributed by atoms with Crippen molar-refractivity contribution in [1.82, 2.24) is 24.6 Å². The van der Waals surface area contributed by atoms with E-state index < -0.39 is 0 Å². The predicted molar refractivity (Wildman–Crippen MR) is 111 cm³/mol. The van der Waals surface area contributed by atoms with E-state index in [-0.39, 0.29) is 6.61 Å². The summed E-state index contributed by atoms with van der Waals surface area (Å²) in [7, 11) is 1.64. The fourth-order valence-electron chi connectivity index (χ4n) is 3.17. The van der Waals surface area contributed by atoms with Crippen LogP contribution in [0.5, 0.6) is 11.5 Å². The van der Waals surface area contributed by atoms with Gasteiger partial charge in [-0.2, -0.15) is 0 Å². The number of fused-ring (bicyclic) bond motifs is 2. The summed E-state index contributed by atoms with van der Waals surface area (Å²) in [6.45, 7) is 2.29. The first kappa shape index (κ1) is 17.6. The standard InChI is InChI=1S/C21H17N5O2S/c1-13-23-10-19(29-13)14-3-6-20-24-25-21(26(20)11-14)12-28-18-7-8-22-17-9-15(27-2)4-5-16(17)18/h3-11H,12H2,1-2H3. The number of pyridine rings is 2. The van der Waals surface area contributed by atoms with Gasteiger partial charge in [0.15, 0.2) is 11.5 Å². The Labute approximate surface area is 170 Å². The molecule has 0 fully saturated rings. The highest BCUT2D eigenvalue weighted by Crippen LogP contribution is 2.28. The molecule has 0 N–H and O–H groups in total. The van der Waals surface area contributed by atoms with Crippen molar-refractivity contribution >= 4 is 27.9 Å². The van der Waals surface area contributed by atoms with Crippen LogP contribution >= 0.6 is 11.3 Å². The number of aromatic nitrogens is 5. The van der Waals surface area contributed by atoms with Crippen LogP contribution in [0.3, 0.4) is 0 Å². The third-order valence-corrected chi connectivity index (χ3v) is 5.61. The maximum absolute atomic E-state index is 6.08. The van der Waals surface area contributed by atoms with Crippen molar-refractivity contribution in [1.29, 1.82) is 0 Å². The average molecular weight is 403 g/mol. The highest BCUT2D eigenvalue weighted by atomic mass is 32.1. The zero-order valence-corrected chi connectivity index (χ0v) is 16.7. The SMILES string of the molecule is COc1ccc2c(OCc3nnc4ccc(-c5cnc(C)s5)cn34)ccnc2c1. The van der Waals surface area contributed by atoms with Gasteiger partial charge >= 0.3 is 0 Å². The van der Waals surface area contributed by atoms with Gasteiger partial charge in [0.1, 0.15) is 18.1 Å². The Kier molecular flexibility index (Phi) is 4.33. The fourth-order valence-corrected chi connectivity index (χ4v) is 3.94. The van der Waals surface area contributed by atoms with E-state index in [4.69, 9.17) is 9.47 Å². The molecular formula is C21H17N5O2S. The molecule has 1 aromatic carbocycles. The summed E-state index contributed by atoms with van der Waals surface area (Å²) in [4.78, 5) is 9.84. The molecule has 0 aliphatic heterocycles. The van der Waals surface area contributed by atoms with Gasteiger partial charge in [0.25, 0.3) is 0 Å². The van der Waals surface area contributed by atoms with Crippen LogP contribution in [0, 0.1) is 6.92 Å². The minimum atomic E-state index is 0.289. The highest BCUT2D eigenvalue weighted by Gasteiger charge is 2.11. The molecule has 0 atom stereocenters. The number of rotatable bonds is 5. The third kappa shape index (κ3) is 3.27. The Balaban J connectivity index is 1.46. The van der Waals surface area contributed by atoms with Crippen molar-refractivity contribution in [2.75, 3.05) is 7.11 Å². The first-order valence-electron chi connectivity index (χ1n) is 9.03. The number of methoxy groups -OCH3 is 1. The lowest BCUT2D eigenvalue weighted by atomic mass is 10.2. The minimum absolute atomic E-state index is 0.289. The van der Waals surface area contributed by atoms with Gasteiger partial charge in [0, 0.05) is 35.6 Å². The zero-order valence-electron chi connectivity index (χ0n) is 15.9. The second kappa shape index (κ2) is 7.14. The summed E-state index contributed by atoms with van der Waals surface area (Å²) < 4.78 is 13.3. The molecule has 0 saturated heterocycles. The molecule has 29 heavy (non-hydrogen) atoms. The Bertz CT molecular complexity index is 1330. The second-order valence-corrected chi connectivity index (χ2v) is 7.72. The van der Waals surface area contributed by atoms with Gasteiger partial charge in [-0.15, -0.1) is 21.5 Å². The molecule has 0 radical (unpaired) electrons. The van der Waals surface area contributed by atoms with Gasteiger partial charge in [0.2, 0.25) is 0 Å². The van der Waals surface area contributed by atoms with Crippen LogP contribution in [0.1, 0.15) is 10.8 Å². The smallest absolute Gasteiger partial charge is 0.175 e. The Morgan fingerprint density at radius 2 is 2.00 bits per heavy atom. The van der Waals surface area contributed by atoms with Crippen molar-refractivity contribution < 1.29 is 9.47 Å². The topological polar surface area (TPSA) is 74.4 Å². The van der Waals surface area contributed by atoms with Gasteiger partial charge in [-0.25, -0.2) is 4.98 Å². The minimum Gasteiger partial charge on any atom is -0.497 e. The molecule has 4 heterocycles. The van der Waals surface area contributed by atoms with E-state index >= 15 is 0 Å². The number of ether oxygens (including phenoxy) is 2. The summed E-state index contributed by atoms with van der Waals surface area (Å²) in [5.41, 5.74) is 2.67. The molecule has 7 nitrogen and oxygen atoms in total.